The summed E-state index contributed by atoms with van der Waals surface area (Å²) < 4.78 is 9.21. The van der Waals surface area contributed by atoms with E-state index in [0.717, 1.165) is 39.6 Å². The van der Waals surface area contributed by atoms with E-state index in [1.807, 2.05) is 55.9 Å². The highest BCUT2D eigenvalue weighted by Crippen LogP contribution is 2.46. The van der Waals surface area contributed by atoms with E-state index in [1.54, 1.807) is 19.1 Å². The Morgan fingerprint density at radius 1 is 1.11 bits per heavy atom. The predicted octanol–water partition coefficient (Wildman–Crippen LogP) is 6.14. The van der Waals surface area contributed by atoms with Crippen LogP contribution in [0.1, 0.15) is 31.9 Å². The Balaban J connectivity index is 1.57. The number of allylic oxidation sites excluding steroid dienone is 1. The van der Waals surface area contributed by atoms with Gasteiger partial charge >= 0.3 is 0 Å². The van der Waals surface area contributed by atoms with Gasteiger partial charge in [-0.05, 0) is 91.9 Å². The van der Waals surface area contributed by atoms with Crippen molar-refractivity contribution in [1.82, 2.24) is 4.72 Å². The van der Waals surface area contributed by atoms with Crippen molar-refractivity contribution >= 4 is 46.7 Å². The van der Waals surface area contributed by atoms with Gasteiger partial charge in [0.1, 0.15) is 5.75 Å². The number of nitrogens with one attached hydrogen (secondary N) is 2. The van der Waals surface area contributed by atoms with Gasteiger partial charge in [0.15, 0.2) is 0 Å². The number of likely N-dealkylation sites (N-methyl/N-ethyl adjacent to an activating group) is 1. The third kappa shape index (κ3) is 6.63. The number of benzene rings is 3. The standard InChI is InChI=1S/C29H34N4O2S2/c1-18(2)28(30)21-8-6-7-20(15-21)16-25(32-37-24-12-9-22(10-13-24)31-19(3)34)29-33(4)26-14-11-23(35-5)17-27(26)36-29/h6-15,17,25,29,32H,16,30H2,1-5H3,(H,31,34). The van der Waals surface area contributed by atoms with Crippen molar-refractivity contribution in [3.8, 4) is 5.75 Å². The lowest BCUT2D eigenvalue weighted by Gasteiger charge is -2.30. The summed E-state index contributed by atoms with van der Waals surface area (Å²) in [5.74, 6) is 0.787. The Labute approximate surface area is 228 Å². The number of amides is 1. The van der Waals surface area contributed by atoms with E-state index in [-0.39, 0.29) is 17.3 Å². The maximum atomic E-state index is 11.3. The van der Waals surface area contributed by atoms with Gasteiger partial charge in [-0.25, -0.2) is 0 Å². The summed E-state index contributed by atoms with van der Waals surface area (Å²) in [6.07, 6.45) is 0.827. The SMILES string of the molecule is COc1ccc2c(c1)SC(C(Cc1cccc(C(N)=C(C)C)c1)NSc1ccc(NC(C)=O)cc1)N2C. The smallest absolute Gasteiger partial charge is 0.221 e. The number of carbonyl (C=O) groups excluding carboxylic acids is 1. The minimum atomic E-state index is -0.0768. The van der Waals surface area contributed by atoms with Crippen molar-refractivity contribution in [2.45, 2.75) is 48.4 Å². The molecular weight excluding hydrogens is 500 g/mol. The highest BCUT2D eigenvalue weighted by Gasteiger charge is 2.34. The molecule has 4 N–H and O–H groups in total. The average Bonchev–Trinajstić information content (AvgIpc) is 3.22. The summed E-state index contributed by atoms with van der Waals surface area (Å²) in [5, 5.41) is 3.00. The molecule has 2 unspecified atom stereocenters. The first-order valence-corrected chi connectivity index (χ1v) is 13.8. The topological polar surface area (TPSA) is 79.6 Å². The Bertz CT molecular complexity index is 1290. The summed E-state index contributed by atoms with van der Waals surface area (Å²) in [4.78, 5) is 16.0. The molecule has 37 heavy (non-hydrogen) atoms. The molecule has 0 spiro atoms. The van der Waals surface area contributed by atoms with Crippen LogP contribution < -0.4 is 25.4 Å². The van der Waals surface area contributed by atoms with Gasteiger partial charge in [-0.1, -0.05) is 35.5 Å². The molecule has 3 aromatic rings. The Hall–Kier alpha value is -3.07. The number of anilines is 2. The highest BCUT2D eigenvalue weighted by molar-refractivity contribution is 8.00. The number of hydrogen-bond donors (Lipinski definition) is 3. The first-order valence-electron chi connectivity index (χ1n) is 12.1. The molecule has 1 aliphatic rings. The number of carbonyl (C=O) groups is 1. The second-order valence-electron chi connectivity index (χ2n) is 9.30. The van der Waals surface area contributed by atoms with Gasteiger partial charge in [-0.2, -0.15) is 0 Å². The molecular formula is C29H34N4O2S2. The summed E-state index contributed by atoms with van der Waals surface area (Å²) >= 11 is 3.45. The third-order valence-corrected chi connectivity index (χ3v) is 8.65. The molecule has 2 atom stereocenters. The number of hydrogen-bond acceptors (Lipinski definition) is 7. The lowest BCUT2D eigenvalue weighted by atomic mass is 10.0. The van der Waals surface area contributed by atoms with Crippen molar-refractivity contribution in [1.29, 1.82) is 0 Å². The molecule has 3 aromatic carbocycles. The molecule has 8 heteroatoms. The first-order chi connectivity index (χ1) is 17.7. The average molecular weight is 535 g/mol. The van der Waals surface area contributed by atoms with E-state index in [2.05, 4.69) is 58.4 Å². The van der Waals surface area contributed by atoms with Crippen LogP contribution in [0.5, 0.6) is 5.75 Å². The lowest BCUT2D eigenvalue weighted by Crippen LogP contribution is -2.44. The van der Waals surface area contributed by atoms with E-state index in [4.69, 9.17) is 10.5 Å². The molecule has 0 bridgehead atoms. The fraction of sp³-hybridized carbons (Fsp3) is 0.276. The van der Waals surface area contributed by atoms with Crippen molar-refractivity contribution < 1.29 is 9.53 Å². The lowest BCUT2D eigenvalue weighted by molar-refractivity contribution is -0.114. The van der Waals surface area contributed by atoms with Crippen LogP contribution in [0.2, 0.25) is 0 Å². The molecule has 0 radical (unpaired) electrons. The minimum absolute atomic E-state index is 0.0768. The molecule has 1 heterocycles. The van der Waals surface area contributed by atoms with Crippen LogP contribution in [0, 0.1) is 0 Å². The molecule has 0 saturated heterocycles. The van der Waals surface area contributed by atoms with Crippen LogP contribution >= 0.6 is 23.7 Å². The number of rotatable bonds is 9. The summed E-state index contributed by atoms with van der Waals surface area (Å²) in [5.41, 5.74) is 12.6. The number of thioether (sulfide) groups is 1. The molecule has 0 fully saturated rings. The molecule has 1 aliphatic heterocycles. The molecule has 194 valence electrons. The number of fused-ring (bicyclic) bond motifs is 1. The summed E-state index contributed by atoms with van der Waals surface area (Å²) in [6, 6.07) is 22.7. The van der Waals surface area contributed by atoms with E-state index in [1.165, 1.54) is 23.1 Å². The third-order valence-electron chi connectivity index (χ3n) is 6.26. The molecule has 4 rings (SSSR count). The van der Waals surface area contributed by atoms with Gasteiger partial charge in [0, 0.05) is 35.1 Å². The molecule has 6 nitrogen and oxygen atoms in total. The van der Waals surface area contributed by atoms with Gasteiger partial charge in [0.25, 0.3) is 0 Å². The molecule has 1 amide bonds. The quantitative estimate of drug-likeness (QED) is 0.285. The fourth-order valence-corrected chi connectivity index (χ4v) is 6.50. The zero-order valence-corrected chi connectivity index (χ0v) is 23.5. The predicted molar refractivity (Wildman–Crippen MR) is 157 cm³/mol. The van der Waals surface area contributed by atoms with Crippen molar-refractivity contribution in [3.05, 3.63) is 83.4 Å². The van der Waals surface area contributed by atoms with Gasteiger partial charge in [0.05, 0.1) is 24.2 Å². The molecule has 0 aromatic heterocycles. The van der Waals surface area contributed by atoms with Crippen molar-refractivity contribution in [2.75, 3.05) is 24.4 Å². The zero-order valence-electron chi connectivity index (χ0n) is 21.9. The van der Waals surface area contributed by atoms with Crippen LogP contribution in [-0.2, 0) is 11.2 Å². The maximum absolute atomic E-state index is 11.3. The van der Waals surface area contributed by atoms with Gasteiger partial charge in [-0.15, -0.1) is 0 Å². The summed E-state index contributed by atoms with van der Waals surface area (Å²) in [7, 11) is 3.85. The van der Waals surface area contributed by atoms with Crippen LogP contribution in [0.25, 0.3) is 5.70 Å². The first kappa shape index (κ1) is 27.0. The second-order valence-corrected chi connectivity index (χ2v) is 11.4. The van der Waals surface area contributed by atoms with E-state index >= 15 is 0 Å². The van der Waals surface area contributed by atoms with Crippen LogP contribution in [-0.4, -0.2) is 31.5 Å². The van der Waals surface area contributed by atoms with Crippen LogP contribution in [0.3, 0.4) is 0 Å². The van der Waals surface area contributed by atoms with Gasteiger partial charge in [0.2, 0.25) is 5.91 Å². The van der Waals surface area contributed by atoms with Crippen molar-refractivity contribution in [3.63, 3.8) is 0 Å². The second kappa shape index (κ2) is 12.0. The van der Waals surface area contributed by atoms with Gasteiger partial charge in [-0.3, -0.25) is 9.52 Å². The Kier molecular flexibility index (Phi) is 8.74. The fourth-order valence-electron chi connectivity index (χ4n) is 4.27. The summed E-state index contributed by atoms with van der Waals surface area (Å²) in [6.45, 7) is 5.59. The zero-order chi connectivity index (χ0) is 26.5. The van der Waals surface area contributed by atoms with Crippen molar-refractivity contribution in [2.24, 2.45) is 5.73 Å². The monoisotopic (exact) mass is 534 g/mol. The molecule has 0 aliphatic carbocycles. The minimum Gasteiger partial charge on any atom is -0.497 e. The Morgan fingerprint density at radius 2 is 1.86 bits per heavy atom. The largest absolute Gasteiger partial charge is 0.497 e. The maximum Gasteiger partial charge on any atom is 0.221 e. The van der Waals surface area contributed by atoms with E-state index in [9.17, 15) is 4.79 Å². The van der Waals surface area contributed by atoms with Crippen LogP contribution in [0.4, 0.5) is 11.4 Å². The number of methoxy groups -OCH3 is 1. The number of nitrogens with two attached hydrogens (primary N) is 1. The highest BCUT2D eigenvalue weighted by atomic mass is 32.2. The number of nitrogens with zero attached hydrogens (tertiary/aromatic N) is 1. The molecule has 0 saturated carbocycles. The number of ether oxygens (including phenoxy) is 1. The normalized spacial score (nSPS) is 15.2. The van der Waals surface area contributed by atoms with Crippen LogP contribution in [0.15, 0.2) is 82.1 Å². The van der Waals surface area contributed by atoms with Gasteiger partial charge < -0.3 is 20.7 Å². The van der Waals surface area contributed by atoms with E-state index in [0.29, 0.717) is 0 Å². The Morgan fingerprint density at radius 3 is 2.54 bits per heavy atom. The van der Waals surface area contributed by atoms with E-state index < -0.39 is 0 Å².